The first-order chi connectivity index (χ1) is 9.74. The molecule has 2 aromatic rings. The third-order valence-corrected chi connectivity index (χ3v) is 3.42. The highest BCUT2D eigenvalue weighted by Gasteiger charge is 2.04. The van der Waals surface area contributed by atoms with Crippen molar-refractivity contribution in [3.63, 3.8) is 0 Å². The van der Waals surface area contributed by atoms with E-state index in [0.717, 1.165) is 42.4 Å². The maximum atomic E-state index is 6.05. The summed E-state index contributed by atoms with van der Waals surface area (Å²) in [5.41, 5.74) is 2.39. The molecule has 2 rings (SSSR count). The molecule has 0 fully saturated rings. The Morgan fingerprint density at radius 2 is 2.10 bits per heavy atom. The van der Waals surface area contributed by atoms with E-state index in [4.69, 9.17) is 11.6 Å². The molecule has 1 heterocycles. The van der Waals surface area contributed by atoms with E-state index in [1.54, 1.807) is 7.05 Å². The van der Waals surface area contributed by atoms with Crippen LogP contribution >= 0.6 is 11.6 Å². The molecule has 0 saturated carbocycles. The van der Waals surface area contributed by atoms with Gasteiger partial charge in [0.25, 0.3) is 0 Å². The van der Waals surface area contributed by atoms with Gasteiger partial charge >= 0.3 is 0 Å². The molecule has 0 unspecified atom stereocenters. The zero-order chi connectivity index (χ0) is 14.4. The number of nitrogens with one attached hydrogen (secondary N) is 3. The lowest BCUT2D eigenvalue weighted by Gasteiger charge is -2.10. The van der Waals surface area contributed by atoms with E-state index in [-0.39, 0.29) is 0 Å². The summed E-state index contributed by atoms with van der Waals surface area (Å²) >= 11 is 6.05. The monoisotopic (exact) mass is 292 g/mol. The van der Waals surface area contributed by atoms with Gasteiger partial charge in [-0.15, -0.1) is 0 Å². The standard InChI is InChI=1S/C15H21ClN4/c1-3-7-18-15(17-2)19-8-6-11-10-20-14-5-4-12(16)9-13(11)14/h4-5,9-10,20H,3,6-8H2,1-2H3,(H2,17,18,19). The Morgan fingerprint density at radius 3 is 2.85 bits per heavy atom. The zero-order valence-electron chi connectivity index (χ0n) is 12.0. The smallest absolute Gasteiger partial charge is 0.190 e. The third kappa shape index (κ3) is 3.67. The minimum Gasteiger partial charge on any atom is -0.361 e. The van der Waals surface area contributed by atoms with Gasteiger partial charge in [-0.3, -0.25) is 4.99 Å². The van der Waals surface area contributed by atoms with Crippen molar-refractivity contribution < 1.29 is 0 Å². The van der Waals surface area contributed by atoms with E-state index in [1.165, 1.54) is 10.9 Å². The maximum absolute atomic E-state index is 6.05. The Hall–Kier alpha value is -1.68. The van der Waals surface area contributed by atoms with Gasteiger partial charge in [-0.1, -0.05) is 18.5 Å². The maximum Gasteiger partial charge on any atom is 0.190 e. The number of aromatic amines is 1. The van der Waals surface area contributed by atoms with Crippen molar-refractivity contribution in [2.75, 3.05) is 20.1 Å². The molecular weight excluding hydrogens is 272 g/mol. The Bertz CT molecular complexity index is 589. The molecule has 0 bridgehead atoms. The Labute approximate surface area is 124 Å². The first-order valence-corrected chi connectivity index (χ1v) is 7.32. The Balaban J connectivity index is 1.94. The average Bonchev–Trinajstić information content (AvgIpc) is 2.85. The molecule has 0 aliphatic rings. The fraction of sp³-hybridized carbons (Fsp3) is 0.400. The van der Waals surface area contributed by atoms with Crippen LogP contribution in [0.4, 0.5) is 0 Å². The summed E-state index contributed by atoms with van der Waals surface area (Å²) in [6.45, 7) is 3.90. The number of aromatic nitrogens is 1. The summed E-state index contributed by atoms with van der Waals surface area (Å²) in [7, 11) is 1.79. The quantitative estimate of drug-likeness (QED) is 0.586. The number of hydrogen-bond acceptors (Lipinski definition) is 1. The average molecular weight is 293 g/mol. The molecule has 108 valence electrons. The van der Waals surface area contributed by atoms with Crippen LogP contribution in [-0.4, -0.2) is 31.1 Å². The minimum atomic E-state index is 0.770. The van der Waals surface area contributed by atoms with E-state index >= 15 is 0 Å². The molecule has 0 aliphatic heterocycles. The predicted octanol–water partition coefficient (Wildman–Crippen LogP) is 2.94. The molecule has 4 nitrogen and oxygen atoms in total. The van der Waals surface area contributed by atoms with Crippen LogP contribution < -0.4 is 10.6 Å². The lowest BCUT2D eigenvalue weighted by molar-refractivity contribution is 0.775. The molecule has 5 heteroatoms. The van der Waals surface area contributed by atoms with Crippen LogP contribution in [0.25, 0.3) is 10.9 Å². The number of benzene rings is 1. The minimum absolute atomic E-state index is 0.770. The predicted molar refractivity (Wildman–Crippen MR) is 86.7 cm³/mol. The molecule has 0 spiro atoms. The molecular formula is C15H21ClN4. The highest BCUT2D eigenvalue weighted by Crippen LogP contribution is 2.22. The summed E-state index contributed by atoms with van der Waals surface area (Å²) in [4.78, 5) is 7.46. The van der Waals surface area contributed by atoms with Crippen LogP contribution in [0.3, 0.4) is 0 Å². The number of halogens is 1. The molecule has 1 aromatic carbocycles. The van der Waals surface area contributed by atoms with E-state index in [1.807, 2.05) is 24.4 Å². The summed E-state index contributed by atoms with van der Waals surface area (Å²) < 4.78 is 0. The fourth-order valence-corrected chi connectivity index (χ4v) is 2.31. The second-order valence-electron chi connectivity index (χ2n) is 4.68. The first-order valence-electron chi connectivity index (χ1n) is 6.94. The van der Waals surface area contributed by atoms with Gasteiger partial charge in [0.15, 0.2) is 5.96 Å². The SMILES string of the molecule is CCCNC(=NC)NCCc1c[nH]c2ccc(Cl)cc12. The van der Waals surface area contributed by atoms with Crippen molar-refractivity contribution in [1.82, 2.24) is 15.6 Å². The lowest BCUT2D eigenvalue weighted by Crippen LogP contribution is -2.38. The van der Waals surface area contributed by atoms with Gasteiger partial charge < -0.3 is 15.6 Å². The van der Waals surface area contributed by atoms with Crippen LogP contribution in [0.15, 0.2) is 29.4 Å². The largest absolute Gasteiger partial charge is 0.361 e. The lowest BCUT2D eigenvalue weighted by atomic mass is 10.1. The number of aliphatic imine (C=N–C) groups is 1. The van der Waals surface area contributed by atoms with Crippen LogP contribution in [0.2, 0.25) is 5.02 Å². The summed E-state index contributed by atoms with van der Waals surface area (Å²) in [5, 5.41) is 8.53. The molecule has 3 N–H and O–H groups in total. The molecule has 0 atom stereocenters. The van der Waals surface area contributed by atoms with Crippen molar-refractivity contribution >= 4 is 28.5 Å². The highest BCUT2D eigenvalue weighted by atomic mass is 35.5. The van der Waals surface area contributed by atoms with Crippen molar-refractivity contribution in [3.8, 4) is 0 Å². The van der Waals surface area contributed by atoms with Crippen molar-refractivity contribution in [1.29, 1.82) is 0 Å². The second-order valence-corrected chi connectivity index (χ2v) is 5.12. The van der Waals surface area contributed by atoms with Crippen LogP contribution in [-0.2, 0) is 6.42 Å². The fourth-order valence-electron chi connectivity index (χ4n) is 2.14. The van der Waals surface area contributed by atoms with Crippen LogP contribution in [0.5, 0.6) is 0 Å². The summed E-state index contributed by atoms with van der Waals surface area (Å²) in [6, 6.07) is 5.92. The zero-order valence-corrected chi connectivity index (χ0v) is 12.7. The number of guanidine groups is 1. The van der Waals surface area contributed by atoms with Crippen molar-refractivity contribution in [2.24, 2.45) is 4.99 Å². The molecule has 1 aromatic heterocycles. The van der Waals surface area contributed by atoms with Crippen molar-refractivity contribution in [2.45, 2.75) is 19.8 Å². The van der Waals surface area contributed by atoms with Gasteiger partial charge in [0, 0.05) is 42.3 Å². The normalized spacial score (nSPS) is 11.8. The van der Waals surface area contributed by atoms with Gasteiger partial charge in [-0.2, -0.15) is 0 Å². The number of fused-ring (bicyclic) bond motifs is 1. The van der Waals surface area contributed by atoms with Crippen LogP contribution in [0, 0.1) is 0 Å². The van der Waals surface area contributed by atoms with Gasteiger partial charge in [-0.25, -0.2) is 0 Å². The molecule has 0 radical (unpaired) electrons. The third-order valence-electron chi connectivity index (χ3n) is 3.18. The molecule has 0 amide bonds. The van der Waals surface area contributed by atoms with E-state index in [2.05, 4.69) is 27.5 Å². The van der Waals surface area contributed by atoms with E-state index in [9.17, 15) is 0 Å². The number of hydrogen-bond donors (Lipinski definition) is 3. The molecule has 20 heavy (non-hydrogen) atoms. The highest BCUT2D eigenvalue weighted by molar-refractivity contribution is 6.31. The number of H-pyrrole nitrogens is 1. The first kappa shape index (κ1) is 14.7. The summed E-state index contributed by atoms with van der Waals surface area (Å²) in [5.74, 6) is 0.852. The second kappa shape index (κ2) is 7.20. The Morgan fingerprint density at radius 1 is 1.30 bits per heavy atom. The van der Waals surface area contributed by atoms with Gasteiger partial charge in [0.05, 0.1) is 0 Å². The van der Waals surface area contributed by atoms with Crippen molar-refractivity contribution in [3.05, 3.63) is 35.0 Å². The van der Waals surface area contributed by atoms with Gasteiger partial charge in [0.1, 0.15) is 0 Å². The van der Waals surface area contributed by atoms with Gasteiger partial charge in [-0.05, 0) is 36.6 Å². The van der Waals surface area contributed by atoms with Gasteiger partial charge in [0.2, 0.25) is 0 Å². The molecule has 0 aliphatic carbocycles. The number of rotatable bonds is 5. The Kier molecular flexibility index (Phi) is 5.30. The topological polar surface area (TPSA) is 52.2 Å². The summed E-state index contributed by atoms with van der Waals surface area (Å²) in [6.07, 6.45) is 4.06. The van der Waals surface area contributed by atoms with E-state index < -0.39 is 0 Å². The molecule has 0 saturated heterocycles. The van der Waals surface area contributed by atoms with E-state index in [0.29, 0.717) is 0 Å². The van der Waals surface area contributed by atoms with Crippen LogP contribution in [0.1, 0.15) is 18.9 Å². The number of nitrogens with zero attached hydrogens (tertiary/aromatic N) is 1.